The van der Waals surface area contributed by atoms with E-state index < -0.39 is 0 Å². The average molecular weight is 314 g/mol. The van der Waals surface area contributed by atoms with Crippen molar-refractivity contribution in [1.82, 2.24) is 4.90 Å². The van der Waals surface area contributed by atoms with Gasteiger partial charge < -0.3 is 0 Å². The maximum Gasteiger partial charge on any atom is 0.229 e. The van der Waals surface area contributed by atoms with Crippen molar-refractivity contribution in [1.29, 1.82) is 0 Å². The fourth-order valence-corrected chi connectivity index (χ4v) is 2.60. The van der Waals surface area contributed by atoms with E-state index in [0.717, 1.165) is 4.90 Å². The first kappa shape index (κ1) is 15.0. The Labute approximate surface area is 126 Å². The molecule has 0 saturated carbocycles. The number of Topliss-reactive ketones (excluding diaryl/α,β-unsaturated/α-hetero) is 1. The molecule has 20 heavy (non-hydrogen) atoms. The smallest absolute Gasteiger partial charge is 0.229 e. The number of ketones is 1. The molecule has 1 aliphatic heterocycles. The van der Waals surface area contributed by atoms with Crippen LogP contribution in [0.5, 0.6) is 0 Å². The molecule has 6 heteroatoms. The lowest BCUT2D eigenvalue weighted by Gasteiger charge is -2.18. The van der Waals surface area contributed by atoms with Crippen molar-refractivity contribution < 1.29 is 14.4 Å². The van der Waals surface area contributed by atoms with Gasteiger partial charge in [0.1, 0.15) is 0 Å². The van der Waals surface area contributed by atoms with Crippen LogP contribution >= 0.6 is 23.2 Å². The van der Waals surface area contributed by atoms with Crippen LogP contribution in [0, 0.1) is 0 Å². The predicted octanol–water partition coefficient (Wildman–Crippen LogP) is 3.11. The van der Waals surface area contributed by atoms with Crippen molar-refractivity contribution in [3.05, 3.63) is 33.8 Å². The summed E-state index contributed by atoms with van der Waals surface area (Å²) in [7, 11) is 0. The Morgan fingerprint density at radius 3 is 2.25 bits per heavy atom. The molecule has 2 amide bonds. The van der Waals surface area contributed by atoms with Crippen LogP contribution < -0.4 is 0 Å². The van der Waals surface area contributed by atoms with Gasteiger partial charge in [0.15, 0.2) is 5.78 Å². The monoisotopic (exact) mass is 313 g/mol. The molecule has 0 N–H and O–H groups in total. The third-order valence-corrected chi connectivity index (χ3v) is 3.71. The van der Waals surface area contributed by atoms with Gasteiger partial charge in [-0.2, -0.15) is 0 Å². The van der Waals surface area contributed by atoms with Gasteiger partial charge in [0, 0.05) is 23.4 Å². The molecule has 4 nitrogen and oxygen atoms in total. The molecule has 0 aromatic heterocycles. The molecule has 1 heterocycles. The van der Waals surface area contributed by atoms with Gasteiger partial charge in [-0.3, -0.25) is 19.3 Å². The Bertz CT molecular complexity index is 554. The third kappa shape index (κ3) is 3.38. The van der Waals surface area contributed by atoms with Gasteiger partial charge >= 0.3 is 0 Å². The second-order valence-electron chi connectivity index (χ2n) is 4.63. The number of carbonyl (C=O) groups is 3. The standard InChI is InChI=1S/C14H13Cl2NO3/c15-9-5-6-10(11(16)7-9)12(18)8-17-13(19)3-1-2-4-14(17)20/h5-7H,1-4,8H2. The number of amides is 2. The van der Waals surface area contributed by atoms with Crippen molar-refractivity contribution in [3.8, 4) is 0 Å². The summed E-state index contributed by atoms with van der Waals surface area (Å²) in [6.45, 7) is -0.265. The summed E-state index contributed by atoms with van der Waals surface area (Å²) in [6, 6.07) is 4.51. The summed E-state index contributed by atoms with van der Waals surface area (Å²) in [5, 5.41) is 0.644. The van der Waals surface area contributed by atoms with Gasteiger partial charge in [0.05, 0.1) is 11.6 Å². The van der Waals surface area contributed by atoms with Crippen molar-refractivity contribution in [2.75, 3.05) is 6.54 Å². The Balaban J connectivity index is 2.17. The highest BCUT2D eigenvalue weighted by molar-refractivity contribution is 6.37. The van der Waals surface area contributed by atoms with Crippen LogP contribution in [-0.4, -0.2) is 29.0 Å². The Morgan fingerprint density at radius 1 is 1.10 bits per heavy atom. The fourth-order valence-electron chi connectivity index (χ4n) is 2.08. The first-order valence-electron chi connectivity index (χ1n) is 6.30. The van der Waals surface area contributed by atoms with E-state index in [1.54, 1.807) is 6.07 Å². The predicted molar refractivity (Wildman–Crippen MR) is 76.0 cm³/mol. The molecule has 0 bridgehead atoms. The minimum atomic E-state index is -0.365. The first-order chi connectivity index (χ1) is 9.49. The summed E-state index contributed by atoms with van der Waals surface area (Å²) in [5.41, 5.74) is 0.265. The molecule has 1 aromatic rings. The average Bonchev–Trinajstić information content (AvgIpc) is 2.53. The maximum absolute atomic E-state index is 12.2. The molecule has 0 spiro atoms. The fraction of sp³-hybridized carbons (Fsp3) is 0.357. The zero-order chi connectivity index (χ0) is 14.7. The zero-order valence-corrected chi connectivity index (χ0v) is 12.2. The third-order valence-electron chi connectivity index (χ3n) is 3.17. The van der Waals surface area contributed by atoms with Crippen LogP contribution in [-0.2, 0) is 9.59 Å². The van der Waals surface area contributed by atoms with E-state index in [9.17, 15) is 14.4 Å². The summed E-state index contributed by atoms with van der Waals surface area (Å²) in [5.74, 6) is -0.966. The quantitative estimate of drug-likeness (QED) is 0.636. The van der Waals surface area contributed by atoms with Gasteiger partial charge in [-0.25, -0.2) is 0 Å². The van der Waals surface area contributed by atoms with E-state index in [4.69, 9.17) is 23.2 Å². The Hall–Kier alpha value is -1.39. The van der Waals surface area contributed by atoms with Crippen LogP contribution in [0.3, 0.4) is 0 Å². The number of likely N-dealkylation sites (tertiary alicyclic amines) is 1. The van der Waals surface area contributed by atoms with Crippen LogP contribution in [0.15, 0.2) is 18.2 Å². The largest absolute Gasteiger partial charge is 0.292 e. The molecule has 106 valence electrons. The molecular weight excluding hydrogens is 301 g/mol. The zero-order valence-electron chi connectivity index (χ0n) is 10.7. The second kappa shape index (κ2) is 6.37. The van der Waals surface area contributed by atoms with Gasteiger partial charge in [-0.05, 0) is 31.0 Å². The van der Waals surface area contributed by atoms with Crippen molar-refractivity contribution in [2.24, 2.45) is 0 Å². The van der Waals surface area contributed by atoms with Crippen molar-refractivity contribution >= 4 is 40.8 Å². The number of hydrogen-bond donors (Lipinski definition) is 0. The van der Waals surface area contributed by atoms with E-state index in [1.807, 2.05) is 0 Å². The molecule has 0 unspecified atom stereocenters. The van der Waals surface area contributed by atoms with Crippen LogP contribution in [0.2, 0.25) is 10.0 Å². The van der Waals surface area contributed by atoms with E-state index in [0.29, 0.717) is 30.7 Å². The molecule has 1 aromatic carbocycles. The SMILES string of the molecule is O=C(CN1C(=O)CCCCC1=O)c1ccc(Cl)cc1Cl. The molecule has 2 rings (SSSR count). The highest BCUT2D eigenvalue weighted by atomic mass is 35.5. The van der Waals surface area contributed by atoms with Gasteiger partial charge in [0.25, 0.3) is 0 Å². The minimum Gasteiger partial charge on any atom is -0.292 e. The topological polar surface area (TPSA) is 54.5 Å². The molecule has 1 saturated heterocycles. The van der Waals surface area contributed by atoms with E-state index >= 15 is 0 Å². The molecule has 0 radical (unpaired) electrons. The second-order valence-corrected chi connectivity index (χ2v) is 5.47. The number of nitrogens with zero attached hydrogens (tertiary/aromatic N) is 1. The number of imide groups is 1. The van der Waals surface area contributed by atoms with E-state index in [2.05, 4.69) is 0 Å². The molecule has 0 atom stereocenters. The molecule has 0 aliphatic carbocycles. The Kier molecular flexibility index (Phi) is 4.78. The lowest BCUT2D eigenvalue weighted by atomic mass is 10.1. The number of benzene rings is 1. The lowest BCUT2D eigenvalue weighted by molar-refractivity contribution is -0.143. The van der Waals surface area contributed by atoms with Gasteiger partial charge in [0.2, 0.25) is 11.8 Å². The summed E-state index contributed by atoms with van der Waals surface area (Å²) < 4.78 is 0. The van der Waals surface area contributed by atoms with Crippen molar-refractivity contribution in [2.45, 2.75) is 25.7 Å². The first-order valence-corrected chi connectivity index (χ1v) is 7.06. The molecule has 1 aliphatic rings. The van der Waals surface area contributed by atoms with E-state index in [1.165, 1.54) is 12.1 Å². The Morgan fingerprint density at radius 2 is 1.70 bits per heavy atom. The van der Waals surface area contributed by atoms with Gasteiger partial charge in [-0.15, -0.1) is 0 Å². The number of carbonyl (C=O) groups excluding carboxylic acids is 3. The summed E-state index contributed by atoms with van der Waals surface area (Å²) in [4.78, 5) is 36.9. The highest BCUT2D eigenvalue weighted by Gasteiger charge is 2.27. The van der Waals surface area contributed by atoms with Crippen LogP contribution in [0.1, 0.15) is 36.0 Å². The maximum atomic E-state index is 12.2. The highest BCUT2D eigenvalue weighted by Crippen LogP contribution is 2.22. The number of halogens is 2. The normalized spacial score (nSPS) is 16.2. The molecular formula is C14H13Cl2NO3. The number of rotatable bonds is 3. The van der Waals surface area contributed by atoms with Gasteiger partial charge in [-0.1, -0.05) is 23.2 Å². The number of hydrogen-bond acceptors (Lipinski definition) is 3. The van der Waals surface area contributed by atoms with Crippen LogP contribution in [0.25, 0.3) is 0 Å². The van der Waals surface area contributed by atoms with Crippen molar-refractivity contribution in [3.63, 3.8) is 0 Å². The minimum absolute atomic E-state index is 0.220. The summed E-state index contributed by atoms with van der Waals surface area (Å²) in [6.07, 6.45) is 1.95. The summed E-state index contributed by atoms with van der Waals surface area (Å²) >= 11 is 11.7. The van der Waals surface area contributed by atoms with E-state index in [-0.39, 0.29) is 34.7 Å². The molecule has 1 fully saturated rings. The lowest BCUT2D eigenvalue weighted by Crippen LogP contribution is -2.39. The van der Waals surface area contributed by atoms with Crippen LogP contribution in [0.4, 0.5) is 0 Å².